The van der Waals surface area contributed by atoms with Crippen LogP contribution in [-0.4, -0.2) is 33.0 Å². The normalized spacial score (nSPS) is 10.3. The Labute approximate surface area is 92.6 Å². The van der Waals surface area contributed by atoms with E-state index in [1.54, 1.807) is 4.57 Å². The summed E-state index contributed by atoms with van der Waals surface area (Å²) in [6.07, 6.45) is 0. The maximum Gasteiger partial charge on any atom is 0.230 e. The third-order valence-corrected chi connectivity index (χ3v) is 2.83. The number of hydrogen-bond donors (Lipinski definition) is 2. The fraction of sp³-hybridized carbons (Fsp3) is 0.625. The lowest BCUT2D eigenvalue weighted by Crippen LogP contribution is -2.24. The molecule has 0 radical (unpaired) electrons. The minimum Gasteiger partial charge on any atom is -0.356 e. The summed E-state index contributed by atoms with van der Waals surface area (Å²) >= 11 is 1.35. The molecule has 6 nitrogen and oxygen atoms in total. The molecule has 0 aliphatic rings. The van der Waals surface area contributed by atoms with Crippen molar-refractivity contribution in [2.24, 2.45) is 12.8 Å². The van der Waals surface area contributed by atoms with E-state index in [1.807, 2.05) is 14.0 Å². The summed E-state index contributed by atoms with van der Waals surface area (Å²) in [5.74, 6) is 1.07. The van der Waals surface area contributed by atoms with Crippen molar-refractivity contribution in [2.45, 2.75) is 18.6 Å². The number of aromatic nitrogens is 3. The first kappa shape index (κ1) is 12.0. The highest BCUT2D eigenvalue weighted by molar-refractivity contribution is 7.99. The molecule has 0 aliphatic heterocycles. The number of hydrogen-bond acceptors (Lipinski definition) is 5. The van der Waals surface area contributed by atoms with E-state index >= 15 is 0 Å². The first-order valence-corrected chi connectivity index (χ1v) is 5.65. The number of thioether (sulfide) groups is 1. The molecule has 84 valence electrons. The van der Waals surface area contributed by atoms with Crippen LogP contribution in [0.25, 0.3) is 0 Å². The summed E-state index contributed by atoms with van der Waals surface area (Å²) in [5.41, 5.74) is 5.46. The number of nitrogens with zero attached hydrogens (tertiary/aromatic N) is 3. The van der Waals surface area contributed by atoms with Gasteiger partial charge < -0.3 is 15.6 Å². The van der Waals surface area contributed by atoms with Gasteiger partial charge in [-0.2, -0.15) is 0 Å². The Morgan fingerprint density at radius 1 is 1.60 bits per heavy atom. The fourth-order valence-corrected chi connectivity index (χ4v) is 1.79. The van der Waals surface area contributed by atoms with Crippen LogP contribution in [0.15, 0.2) is 5.16 Å². The van der Waals surface area contributed by atoms with Crippen LogP contribution < -0.4 is 11.1 Å². The molecule has 1 amide bonds. The Morgan fingerprint density at radius 2 is 2.33 bits per heavy atom. The average molecular weight is 229 g/mol. The molecule has 1 aromatic heterocycles. The Hall–Kier alpha value is -1.08. The van der Waals surface area contributed by atoms with Gasteiger partial charge in [0.05, 0.1) is 12.3 Å². The molecule has 0 unspecified atom stereocenters. The van der Waals surface area contributed by atoms with Crippen molar-refractivity contribution in [2.75, 3.05) is 12.3 Å². The van der Waals surface area contributed by atoms with Gasteiger partial charge in [-0.15, -0.1) is 10.2 Å². The van der Waals surface area contributed by atoms with Crippen LogP contribution in [0.3, 0.4) is 0 Å². The number of amides is 1. The van der Waals surface area contributed by atoms with Crippen molar-refractivity contribution in [1.82, 2.24) is 20.1 Å². The molecule has 1 rings (SSSR count). The number of carbonyl (C=O) groups is 1. The first-order chi connectivity index (χ1) is 7.19. The molecular formula is C8H15N5OS. The lowest BCUT2D eigenvalue weighted by atomic mass is 10.6. The highest BCUT2D eigenvalue weighted by Crippen LogP contribution is 2.14. The molecule has 0 aromatic carbocycles. The van der Waals surface area contributed by atoms with E-state index in [-0.39, 0.29) is 5.91 Å². The molecule has 0 atom stereocenters. The molecule has 1 aromatic rings. The van der Waals surface area contributed by atoms with E-state index in [4.69, 9.17) is 5.73 Å². The number of rotatable bonds is 5. The van der Waals surface area contributed by atoms with Crippen LogP contribution in [-0.2, 0) is 18.4 Å². The Bertz CT molecular complexity index is 338. The lowest BCUT2D eigenvalue weighted by Gasteiger charge is -2.02. The second-order valence-corrected chi connectivity index (χ2v) is 3.85. The Kier molecular flexibility index (Phi) is 4.57. The van der Waals surface area contributed by atoms with Crippen molar-refractivity contribution in [3.63, 3.8) is 0 Å². The third-order valence-electron chi connectivity index (χ3n) is 1.81. The number of nitrogens with two attached hydrogens (primary N) is 1. The quantitative estimate of drug-likeness (QED) is 0.665. The fourth-order valence-electron chi connectivity index (χ4n) is 1.03. The summed E-state index contributed by atoms with van der Waals surface area (Å²) < 4.78 is 1.80. The van der Waals surface area contributed by atoms with Crippen molar-refractivity contribution in [3.05, 3.63) is 5.82 Å². The van der Waals surface area contributed by atoms with Gasteiger partial charge in [0.1, 0.15) is 5.82 Å². The second-order valence-electron chi connectivity index (χ2n) is 2.90. The van der Waals surface area contributed by atoms with Crippen LogP contribution in [0.4, 0.5) is 0 Å². The topological polar surface area (TPSA) is 85.8 Å². The van der Waals surface area contributed by atoms with Gasteiger partial charge >= 0.3 is 0 Å². The van der Waals surface area contributed by atoms with Crippen LogP contribution in [0.1, 0.15) is 12.7 Å². The monoisotopic (exact) mass is 229 g/mol. The Balaban J connectivity index is 2.50. The molecule has 3 N–H and O–H groups in total. The van der Waals surface area contributed by atoms with Crippen LogP contribution in [0.5, 0.6) is 0 Å². The predicted molar refractivity (Wildman–Crippen MR) is 58.3 cm³/mol. The number of nitrogens with one attached hydrogen (secondary N) is 1. The van der Waals surface area contributed by atoms with E-state index in [0.29, 0.717) is 29.8 Å². The standard InChI is InChI=1S/C8H15N5OS/c1-3-10-7(14)5-15-8-12-11-6(4-9)13(8)2/h3-5,9H2,1-2H3,(H,10,14). The maximum absolute atomic E-state index is 11.2. The lowest BCUT2D eigenvalue weighted by molar-refractivity contribution is -0.118. The highest BCUT2D eigenvalue weighted by atomic mass is 32.2. The van der Waals surface area contributed by atoms with Crippen LogP contribution in [0.2, 0.25) is 0 Å². The first-order valence-electron chi connectivity index (χ1n) is 4.66. The van der Waals surface area contributed by atoms with E-state index in [1.165, 1.54) is 11.8 Å². The van der Waals surface area contributed by atoms with Crippen molar-refractivity contribution >= 4 is 17.7 Å². The van der Waals surface area contributed by atoms with E-state index in [2.05, 4.69) is 15.5 Å². The zero-order chi connectivity index (χ0) is 11.3. The number of carbonyl (C=O) groups excluding carboxylic acids is 1. The van der Waals surface area contributed by atoms with Gasteiger partial charge in [0.2, 0.25) is 5.91 Å². The molecule has 7 heteroatoms. The van der Waals surface area contributed by atoms with Crippen LogP contribution >= 0.6 is 11.8 Å². The zero-order valence-corrected chi connectivity index (χ0v) is 9.67. The minimum atomic E-state index is -0.000187. The van der Waals surface area contributed by atoms with Crippen molar-refractivity contribution in [3.8, 4) is 0 Å². The summed E-state index contributed by atoms with van der Waals surface area (Å²) in [5, 5.41) is 11.3. The third kappa shape index (κ3) is 3.21. The smallest absolute Gasteiger partial charge is 0.230 e. The van der Waals surface area contributed by atoms with Crippen molar-refractivity contribution in [1.29, 1.82) is 0 Å². The van der Waals surface area contributed by atoms with Gasteiger partial charge in [0.15, 0.2) is 5.16 Å². The molecule has 0 aliphatic carbocycles. The average Bonchev–Trinajstić information content (AvgIpc) is 2.57. The molecule has 0 bridgehead atoms. The van der Waals surface area contributed by atoms with Gasteiger partial charge in [-0.1, -0.05) is 11.8 Å². The van der Waals surface area contributed by atoms with Crippen molar-refractivity contribution < 1.29 is 4.79 Å². The minimum absolute atomic E-state index is 0.000187. The Morgan fingerprint density at radius 3 is 2.87 bits per heavy atom. The summed E-state index contributed by atoms with van der Waals surface area (Å²) in [4.78, 5) is 11.2. The molecule has 0 spiro atoms. The van der Waals surface area contributed by atoms with Gasteiger partial charge in [-0.25, -0.2) is 0 Å². The molecular weight excluding hydrogens is 214 g/mol. The second kappa shape index (κ2) is 5.72. The predicted octanol–water partition coefficient (Wildman–Crippen LogP) is -0.498. The van der Waals surface area contributed by atoms with E-state index < -0.39 is 0 Å². The zero-order valence-electron chi connectivity index (χ0n) is 8.86. The molecule has 15 heavy (non-hydrogen) atoms. The maximum atomic E-state index is 11.2. The summed E-state index contributed by atoms with van der Waals surface area (Å²) in [6.45, 7) is 2.88. The van der Waals surface area contributed by atoms with Crippen LogP contribution in [0, 0.1) is 0 Å². The van der Waals surface area contributed by atoms with E-state index in [9.17, 15) is 4.79 Å². The largest absolute Gasteiger partial charge is 0.356 e. The SMILES string of the molecule is CCNC(=O)CSc1nnc(CN)n1C. The van der Waals surface area contributed by atoms with Gasteiger partial charge in [-0.05, 0) is 6.92 Å². The molecule has 0 fully saturated rings. The summed E-state index contributed by atoms with van der Waals surface area (Å²) in [6, 6.07) is 0. The molecule has 1 heterocycles. The van der Waals surface area contributed by atoms with E-state index in [0.717, 1.165) is 0 Å². The van der Waals surface area contributed by atoms with Gasteiger partial charge in [0.25, 0.3) is 0 Å². The molecule has 0 saturated carbocycles. The summed E-state index contributed by atoms with van der Waals surface area (Å²) in [7, 11) is 1.84. The van der Waals surface area contributed by atoms with Gasteiger partial charge in [-0.3, -0.25) is 4.79 Å². The molecule has 0 saturated heterocycles. The van der Waals surface area contributed by atoms with Gasteiger partial charge in [0, 0.05) is 13.6 Å². The highest BCUT2D eigenvalue weighted by Gasteiger charge is 2.09.